The third-order valence-electron chi connectivity index (χ3n) is 5.31. The van der Waals surface area contributed by atoms with Crippen molar-refractivity contribution in [3.63, 3.8) is 0 Å². The van der Waals surface area contributed by atoms with E-state index in [-0.39, 0.29) is 0 Å². The minimum absolute atomic E-state index is 0.515. The lowest BCUT2D eigenvalue weighted by Gasteiger charge is -2.41. The van der Waals surface area contributed by atoms with Crippen LogP contribution in [-0.2, 0) is 0 Å². The number of hydrogen-bond donors (Lipinski definition) is 1. The van der Waals surface area contributed by atoms with E-state index in [2.05, 4.69) is 13.8 Å². The Labute approximate surface area is 101 Å². The van der Waals surface area contributed by atoms with Crippen molar-refractivity contribution in [1.82, 2.24) is 0 Å². The Kier molecular flexibility index (Phi) is 4.29. The summed E-state index contributed by atoms with van der Waals surface area (Å²) < 4.78 is 0. The fourth-order valence-electron chi connectivity index (χ4n) is 3.95. The SMILES string of the molecule is CCC1CCC(N)C(C2CCC(C)CC2)C1. The normalized spacial score (nSPS) is 45.6. The van der Waals surface area contributed by atoms with Crippen molar-refractivity contribution in [3.8, 4) is 0 Å². The number of hydrogen-bond acceptors (Lipinski definition) is 1. The molecule has 0 saturated heterocycles. The van der Waals surface area contributed by atoms with Crippen LogP contribution in [0.2, 0.25) is 0 Å². The monoisotopic (exact) mass is 223 g/mol. The maximum atomic E-state index is 6.36. The zero-order chi connectivity index (χ0) is 11.5. The van der Waals surface area contributed by atoms with Crippen LogP contribution in [0.4, 0.5) is 0 Å². The van der Waals surface area contributed by atoms with Crippen LogP contribution in [0.3, 0.4) is 0 Å². The molecule has 0 aromatic carbocycles. The van der Waals surface area contributed by atoms with Crippen molar-refractivity contribution in [2.75, 3.05) is 0 Å². The Morgan fingerprint density at radius 2 is 1.69 bits per heavy atom. The van der Waals surface area contributed by atoms with Gasteiger partial charge in [0.05, 0.1) is 0 Å². The predicted molar refractivity (Wildman–Crippen MR) is 70.2 cm³/mol. The maximum absolute atomic E-state index is 6.36. The molecule has 3 unspecified atom stereocenters. The fourth-order valence-corrected chi connectivity index (χ4v) is 3.95. The molecule has 0 radical (unpaired) electrons. The zero-order valence-electron chi connectivity index (χ0n) is 11.1. The summed E-state index contributed by atoms with van der Waals surface area (Å²) >= 11 is 0. The van der Waals surface area contributed by atoms with Gasteiger partial charge < -0.3 is 5.73 Å². The summed E-state index contributed by atoms with van der Waals surface area (Å²) in [6, 6.07) is 0.515. The van der Waals surface area contributed by atoms with Crippen molar-refractivity contribution >= 4 is 0 Å². The average molecular weight is 223 g/mol. The molecule has 0 spiro atoms. The molecule has 2 aliphatic carbocycles. The summed E-state index contributed by atoms with van der Waals surface area (Å²) in [6.45, 7) is 4.76. The first-order chi connectivity index (χ1) is 7.70. The van der Waals surface area contributed by atoms with Gasteiger partial charge in [0.25, 0.3) is 0 Å². The lowest BCUT2D eigenvalue weighted by Crippen LogP contribution is -2.41. The van der Waals surface area contributed by atoms with Crippen LogP contribution in [0, 0.1) is 23.7 Å². The molecule has 2 aliphatic rings. The molecule has 0 amide bonds. The third kappa shape index (κ3) is 2.80. The molecular formula is C15H29N. The van der Waals surface area contributed by atoms with Gasteiger partial charge in [-0.2, -0.15) is 0 Å². The van der Waals surface area contributed by atoms with Crippen LogP contribution in [0.15, 0.2) is 0 Å². The molecule has 0 heterocycles. The summed E-state index contributed by atoms with van der Waals surface area (Å²) in [7, 11) is 0. The summed E-state index contributed by atoms with van der Waals surface area (Å²) in [4.78, 5) is 0. The lowest BCUT2D eigenvalue weighted by atomic mass is 9.66. The van der Waals surface area contributed by atoms with Crippen LogP contribution >= 0.6 is 0 Å². The van der Waals surface area contributed by atoms with Crippen molar-refractivity contribution < 1.29 is 0 Å². The van der Waals surface area contributed by atoms with E-state index in [4.69, 9.17) is 5.73 Å². The van der Waals surface area contributed by atoms with Gasteiger partial charge in [-0.05, 0) is 55.8 Å². The van der Waals surface area contributed by atoms with Gasteiger partial charge in [0, 0.05) is 6.04 Å². The van der Waals surface area contributed by atoms with E-state index < -0.39 is 0 Å². The van der Waals surface area contributed by atoms with Crippen LogP contribution in [-0.4, -0.2) is 6.04 Å². The van der Waals surface area contributed by atoms with Gasteiger partial charge in [-0.1, -0.05) is 33.1 Å². The molecule has 3 atom stereocenters. The highest BCUT2D eigenvalue weighted by Crippen LogP contribution is 2.41. The summed E-state index contributed by atoms with van der Waals surface area (Å²) in [5, 5.41) is 0. The third-order valence-corrected chi connectivity index (χ3v) is 5.31. The Balaban J connectivity index is 1.90. The molecule has 16 heavy (non-hydrogen) atoms. The largest absolute Gasteiger partial charge is 0.327 e. The molecule has 1 heteroatoms. The maximum Gasteiger partial charge on any atom is 0.00700 e. The van der Waals surface area contributed by atoms with Gasteiger partial charge in [-0.25, -0.2) is 0 Å². The minimum Gasteiger partial charge on any atom is -0.327 e. The highest BCUT2D eigenvalue weighted by molar-refractivity contribution is 4.88. The van der Waals surface area contributed by atoms with Crippen molar-refractivity contribution in [1.29, 1.82) is 0 Å². The van der Waals surface area contributed by atoms with Crippen LogP contribution in [0.1, 0.15) is 65.2 Å². The molecule has 2 rings (SSSR count). The Hall–Kier alpha value is -0.0400. The second kappa shape index (κ2) is 5.53. The highest BCUT2D eigenvalue weighted by Gasteiger charge is 2.34. The quantitative estimate of drug-likeness (QED) is 0.753. The second-order valence-corrected chi connectivity index (χ2v) is 6.43. The van der Waals surface area contributed by atoms with Gasteiger partial charge in [-0.15, -0.1) is 0 Å². The van der Waals surface area contributed by atoms with Crippen molar-refractivity contribution in [3.05, 3.63) is 0 Å². The van der Waals surface area contributed by atoms with Gasteiger partial charge in [0.1, 0.15) is 0 Å². The number of rotatable bonds is 2. The second-order valence-electron chi connectivity index (χ2n) is 6.43. The van der Waals surface area contributed by atoms with E-state index in [9.17, 15) is 0 Å². The van der Waals surface area contributed by atoms with E-state index >= 15 is 0 Å². The fraction of sp³-hybridized carbons (Fsp3) is 1.00. The van der Waals surface area contributed by atoms with E-state index in [0.29, 0.717) is 6.04 Å². The average Bonchev–Trinajstić information content (AvgIpc) is 2.31. The molecule has 2 fully saturated rings. The molecule has 0 aromatic rings. The van der Waals surface area contributed by atoms with E-state index in [1.165, 1.54) is 51.4 Å². The number of nitrogens with two attached hydrogens (primary N) is 1. The Morgan fingerprint density at radius 3 is 2.31 bits per heavy atom. The molecule has 94 valence electrons. The van der Waals surface area contributed by atoms with E-state index in [1.54, 1.807) is 0 Å². The topological polar surface area (TPSA) is 26.0 Å². The summed E-state index contributed by atoms with van der Waals surface area (Å²) in [6.07, 6.45) is 11.3. The molecule has 0 bridgehead atoms. The first kappa shape index (κ1) is 12.4. The zero-order valence-corrected chi connectivity index (χ0v) is 11.1. The smallest absolute Gasteiger partial charge is 0.00700 e. The van der Waals surface area contributed by atoms with Gasteiger partial charge in [0.2, 0.25) is 0 Å². The lowest BCUT2D eigenvalue weighted by molar-refractivity contribution is 0.122. The van der Waals surface area contributed by atoms with Gasteiger partial charge in [-0.3, -0.25) is 0 Å². The van der Waals surface area contributed by atoms with Gasteiger partial charge in [0.15, 0.2) is 0 Å². The first-order valence-electron chi connectivity index (χ1n) is 7.46. The van der Waals surface area contributed by atoms with Crippen LogP contribution in [0.25, 0.3) is 0 Å². The minimum atomic E-state index is 0.515. The van der Waals surface area contributed by atoms with Gasteiger partial charge >= 0.3 is 0 Å². The molecular weight excluding hydrogens is 194 g/mol. The van der Waals surface area contributed by atoms with E-state index in [1.807, 2.05) is 0 Å². The van der Waals surface area contributed by atoms with Crippen LogP contribution in [0.5, 0.6) is 0 Å². The van der Waals surface area contributed by atoms with Crippen molar-refractivity contribution in [2.24, 2.45) is 29.4 Å². The summed E-state index contributed by atoms with van der Waals surface area (Å²) in [5.41, 5.74) is 6.36. The highest BCUT2D eigenvalue weighted by atomic mass is 14.7. The molecule has 2 N–H and O–H groups in total. The van der Waals surface area contributed by atoms with E-state index in [0.717, 1.165) is 23.7 Å². The Bertz CT molecular complexity index is 205. The molecule has 1 nitrogen and oxygen atoms in total. The molecule has 2 saturated carbocycles. The molecule has 0 aromatic heterocycles. The summed E-state index contributed by atoms with van der Waals surface area (Å²) in [5.74, 6) is 3.76. The van der Waals surface area contributed by atoms with Crippen LogP contribution < -0.4 is 5.73 Å². The Morgan fingerprint density at radius 1 is 1.00 bits per heavy atom. The standard InChI is InChI=1S/C15H29N/c1-3-12-6-9-15(16)14(10-12)13-7-4-11(2)5-8-13/h11-15H,3-10,16H2,1-2H3. The predicted octanol–water partition coefficient (Wildman–Crippen LogP) is 3.97. The molecule has 0 aliphatic heterocycles. The van der Waals surface area contributed by atoms with Crippen molar-refractivity contribution in [2.45, 2.75) is 71.3 Å². The first-order valence-corrected chi connectivity index (χ1v) is 7.46.